The first kappa shape index (κ1) is 13.1. The van der Waals surface area contributed by atoms with Crippen LogP contribution in [0.3, 0.4) is 0 Å². The van der Waals surface area contributed by atoms with Crippen LogP contribution in [0.15, 0.2) is 36.7 Å². The van der Waals surface area contributed by atoms with Crippen molar-refractivity contribution in [2.75, 3.05) is 11.1 Å². The van der Waals surface area contributed by atoms with Gasteiger partial charge < -0.3 is 16.2 Å². The summed E-state index contributed by atoms with van der Waals surface area (Å²) in [6.45, 7) is 1.90. The van der Waals surface area contributed by atoms with E-state index < -0.39 is 5.82 Å². The van der Waals surface area contributed by atoms with Crippen molar-refractivity contribution >= 4 is 28.1 Å². The van der Waals surface area contributed by atoms with Gasteiger partial charge in [-0.3, -0.25) is 0 Å². The molecular weight excluding hydrogens is 271 g/mol. The van der Waals surface area contributed by atoms with E-state index in [0.29, 0.717) is 22.7 Å². The molecule has 1 heterocycles. The molecule has 106 valence electrons. The summed E-state index contributed by atoms with van der Waals surface area (Å²) in [5.74, 6) is -0.163. The fourth-order valence-electron chi connectivity index (χ4n) is 2.25. The quantitative estimate of drug-likeness (QED) is 0.497. The number of phenols is 1. The summed E-state index contributed by atoms with van der Waals surface area (Å²) in [5.41, 5.74) is 8.41. The maximum absolute atomic E-state index is 13.0. The van der Waals surface area contributed by atoms with E-state index >= 15 is 0 Å². The number of hydrogen-bond donors (Lipinski definition) is 3. The van der Waals surface area contributed by atoms with Crippen molar-refractivity contribution in [3.05, 3.63) is 48.0 Å². The van der Waals surface area contributed by atoms with E-state index in [1.54, 1.807) is 6.07 Å². The van der Waals surface area contributed by atoms with Gasteiger partial charge in [-0.15, -0.1) is 0 Å². The normalized spacial score (nSPS) is 10.8. The fraction of sp³-hybridized carbons (Fsp3) is 0.0667. The number of hydrogen-bond acceptors (Lipinski definition) is 5. The molecule has 0 aliphatic heterocycles. The number of phenolic OH excluding ortho intramolecular Hbond substituents is 1. The third-order valence-corrected chi connectivity index (χ3v) is 3.17. The van der Waals surface area contributed by atoms with Gasteiger partial charge in [-0.2, -0.15) is 0 Å². The van der Waals surface area contributed by atoms with E-state index in [1.165, 1.54) is 18.5 Å². The molecule has 0 fully saturated rings. The van der Waals surface area contributed by atoms with Crippen molar-refractivity contribution in [2.45, 2.75) is 6.92 Å². The molecule has 0 radical (unpaired) electrons. The lowest BCUT2D eigenvalue weighted by atomic mass is 10.1. The number of rotatable bonds is 2. The minimum Gasteiger partial charge on any atom is -0.506 e. The molecule has 21 heavy (non-hydrogen) atoms. The second kappa shape index (κ2) is 4.90. The highest BCUT2D eigenvalue weighted by Crippen LogP contribution is 2.31. The average Bonchev–Trinajstić information content (AvgIpc) is 2.41. The Morgan fingerprint density at radius 2 is 2.00 bits per heavy atom. The Balaban J connectivity index is 2.12. The highest BCUT2D eigenvalue weighted by Gasteiger charge is 2.10. The number of fused-ring (bicyclic) bond motifs is 1. The van der Waals surface area contributed by atoms with E-state index in [1.807, 2.05) is 13.0 Å². The molecule has 0 aliphatic carbocycles. The second-order valence-electron chi connectivity index (χ2n) is 4.74. The molecule has 3 rings (SSSR count). The first-order valence-corrected chi connectivity index (χ1v) is 6.31. The molecule has 0 saturated heterocycles. The Kier molecular flexibility index (Phi) is 3.06. The number of aromatic hydroxyl groups is 1. The number of nitrogens with zero attached hydrogens (tertiary/aromatic N) is 2. The van der Waals surface area contributed by atoms with Crippen molar-refractivity contribution in [3.8, 4) is 5.75 Å². The second-order valence-corrected chi connectivity index (χ2v) is 4.74. The average molecular weight is 284 g/mol. The Labute approximate surface area is 120 Å². The molecule has 0 aliphatic rings. The van der Waals surface area contributed by atoms with Gasteiger partial charge in [-0.05, 0) is 36.8 Å². The number of aromatic nitrogens is 2. The Morgan fingerprint density at radius 1 is 1.19 bits per heavy atom. The van der Waals surface area contributed by atoms with E-state index in [0.717, 1.165) is 17.0 Å². The van der Waals surface area contributed by atoms with Crippen molar-refractivity contribution in [3.63, 3.8) is 0 Å². The van der Waals surface area contributed by atoms with Crippen LogP contribution >= 0.6 is 0 Å². The van der Waals surface area contributed by atoms with Crippen LogP contribution < -0.4 is 11.1 Å². The fourth-order valence-corrected chi connectivity index (χ4v) is 2.25. The molecule has 5 nitrogen and oxygen atoms in total. The first-order valence-electron chi connectivity index (χ1n) is 6.31. The van der Waals surface area contributed by atoms with Gasteiger partial charge in [0.2, 0.25) is 0 Å². The summed E-state index contributed by atoms with van der Waals surface area (Å²) in [4.78, 5) is 8.38. The van der Waals surface area contributed by atoms with E-state index in [4.69, 9.17) is 5.73 Å². The summed E-state index contributed by atoms with van der Waals surface area (Å²) < 4.78 is 13.0. The lowest BCUT2D eigenvalue weighted by Gasteiger charge is -2.12. The van der Waals surface area contributed by atoms with E-state index in [2.05, 4.69) is 15.3 Å². The standard InChI is InChI=1S/C15H13FN4O/c1-8-4-10(17)6-12-14(8)15(19-7-18-12)20-11-3-2-9(16)5-13(11)21/h2-7,21H,17H2,1H3,(H,18,19,20). The zero-order valence-corrected chi connectivity index (χ0v) is 11.3. The maximum Gasteiger partial charge on any atom is 0.142 e. The number of nitrogen functional groups attached to an aromatic ring is 1. The predicted molar refractivity (Wildman–Crippen MR) is 80.0 cm³/mol. The van der Waals surface area contributed by atoms with Gasteiger partial charge in [0.1, 0.15) is 23.7 Å². The van der Waals surface area contributed by atoms with Crippen LogP contribution in [0, 0.1) is 12.7 Å². The lowest BCUT2D eigenvalue weighted by molar-refractivity contribution is 0.471. The lowest BCUT2D eigenvalue weighted by Crippen LogP contribution is -1.99. The number of nitrogens with two attached hydrogens (primary N) is 1. The van der Waals surface area contributed by atoms with Gasteiger partial charge in [0.25, 0.3) is 0 Å². The SMILES string of the molecule is Cc1cc(N)cc2ncnc(Nc3ccc(F)cc3O)c12. The zero-order valence-electron chi connectivity index (χ0n) is 11.3. The molecule has 0 atom stereocenters. The molecule has 0 saturated carbocycles. The summed E-state index contributed by atoms with van der Waals surface area (Å²) in [6.07, 6.45) is 1.41. The van der Waals surface area contributed by atoms with Crippen molar-refractivity contribution in [1.29, 1.82) is 0 Å². The largest absolute Gasteiger partial charge is 0.506 e. The van der Waals surface area contributed by atoms with Crippen molar-refractivity contribution in [2.24, 2.45) is 0 Å². The number of nitrogens with one attached hydrogen (secondary N) is 1. The Hall–Kier alpha value is -2.89. The van der Waals surface area contributed by atoms with E-state index in [9.17, 15) is 9.50 Å². The molecule has 4 N–H and O–H groups in total. The molecule has 1 aromatic heterocycles. The van der Waals surface area contributed by atoms with Gasteiger partial charge in [-0.1, -0.05) is 0 Å². The van der Waals surface area contributed by atoms with Gasteiger partial charge in [-0.25, -0.2) is 14.4 Å². The van der Waals surface area contributed by atoms with Crippen LogP contribution in [0.25, 0.3) is 10.9 Å². The molecule has 6 heteroatoms. The van der Waals surface area contributed by atoms with Gasteiger partial charge in [0, 0.05) is 17.1 Å². The number of halogens is 1. The van der Waals surface area contributed by atoms with Crippen LogP contribution in [-0.4, -0.2) is 15.1 Å². The predicted octanol–water partition coefficient (Wildman–Crippen LogP) is 3.11. The molecule has 0 unspecified atom stereocenters. The van der Waals surface area contributed by atoms with Crippen LogP contribution in [0.5, 0.6) is 5.75 Å². The van der Waals surface area contributed by atoms with E-state index in [-0.39, 0.29) is 5.75 Å². The molecule has 3 aromatic rings. The minimum absolute atomic E-state index is 0.185. The number of benzene rings is 2. The van der Waals surface area contributed by atoms with Crippen molar-refractivity contribution in [1.82, 2.24) is 9.97 Å². The summed E-state index contributed by atoms with van der Waals surface area (Å²) in [7, 11) is 0. The Morgan fingerprint density at radius 3 is 2.76 bits per heavy atom. The summed E-state index contributed by atoms with van der Waals surface area (Å²) >= 11 is 0. The van der Waals surface area contributed by atoms with Crippen LogP contribution in [0.1, 0.15) is 5.56 Å². The molecule has 0 bridgehead atoms. The van der Waals surface area contributed by atoms with Gasteiger partial charge in [0.05, 0.1) is 11.2 Å². The smallest absolute Gasteiger partial charge is 0.142 e. The zero-order chi connectivity index (χ0) is 15.0. The van der Waals surface area contributed by atoms with Crippen molar-refractivity contribution < 1.29 is 9.50 Å². The summed E-state index contributed by atoms with van der Waals surface area (Å²) in [6, 6.07) is 7.32. The molecule has 0 amide bonds. The summed E-state index contributed by atoms with van der Waals surface area (Å²) in [5, 5.41) is 13.6. The van der Waals surface area contributed by atoms with Crippen LogP contribution in [0.2, 0.25) is 0 Å². The number of anilines is 3. The molecule has 2 aromatic carbocycles. The highest BCUT2D eigenvalue weighted by atomic mass is 19.1. The van der Waals surface area contributed by atoms with Gasteiger partial charge in [0.15, 0.2) is 0 Å². The third kappa shape index (κ3) is 2.43. The first-order chi connectivity index (χ1) is 10.0. The van der Waals surface area contributed by atoms with Gasteiger partial charge >= 0.3 is 0 Å². The topological polar surface area (TPSA) is 84.1 Å². The van der Waals surface area contributed by atoms with Crippen LogP contribution in [-0.2, 0) is 0 Å². The third-order valence-electron chi connectivity index (χ3n) is 3.17. The number of aryl methyl sites for hydroxylation is 1. The van der Waals surface area contributed by atoms with Crippen LogP contribution in [0.4, 0.5) is 21.6 Å². The Bertz CT molecular complexity index is 835. The highest BCUT2D eigenvalue weighted by molar-refractivity contribution is 5.95. The monoisotopic (exact) mass is 284 g/mol. The molecular formula is C15H13FN4O. The maximum atomic E-state index is 13.0. The molecule has 0 spiro atoms. The minimum atomic E-state index is -0.505.